The van der Waals surface area contributed by atoms with E-state index in [0.717, 1.165) is 18.2 Å². The smallest absolute Gasteiger partial charge is 0.277 e. The van der Waals surface area contributed by atoms with E-state index in [0.29, 0.717) is 12.1 Å². The Morgan fingerprint density at radius 2 is 1.50 bits per heavy atom. The van der Waals surface area contributed by atoms with Crippen LogP contribution in [-0.4, -0.2) is 16.8 Å². The van der Waals surface area contributed by atoms with E-state index in [4.69, 9.17) is 0 Å². The second-order valence-electron chi connectivity index (χ2n) is 4.12. The van der Waals surface area contributed by atoms with Crippen LogP contribution >= 0.6 is 0 Å². The van der Waals surface area contributed by atoms with Gasteiger partial charge in [0.1, 0.15) is 16.5 Å². The van der Waals surface area contributed by atoms with E-state index in [1.807, 2.05) is 4.72 Å². The summed E-state index contributed by atoms with van der Waals surface area (Å²) < 4.78 is 87.0. The Balaban J connectivity index is 2.49. The summed E-state index contributed by atoms with van der Waals surface area (Å²) in [5.74, 6) is -2.31. The van der Waals surface area contributed by atoms with Crippen LogP contribution in [0.4, 0.5) is 18.4 Å². The van der Waals surface area contributed by atoms with Crippen molar-refractivity contribution in [3.63, 3.8) is 0 Å². The minimum atomic E-state index is -5.44. The molecule has 0 atom stereocenters. The average Bonchev–Trinajstić information content (AvgIpc) is 2.40. The molecule has 10 heteroatoms. The molecule has 5 nitrogen and oxygen atoms in total. The molecule has 118 valence electrons. The molecule has 0 aliphatic carbocycles. The lowest BCUT2D eigenvalue weighted by molar-refractivity contribution is 0.532. The van der Waals surface area contributed by atoms with Gasteiger partial charge in [-0.25, -0.2) is 17.2 Å². The molecule has 0 aromatic heterocycles. The van der Waals surface area contributed by atoms with Crippen LogP contribution in [0, 0.1) is 11.6 Å². The summed E-state index contributed by atoms with van der Waals surface area (Å²) in [6, 6.07) is 6.36. The number of hydrogen-bond donors (Lipinski definition) is 1. The Morgan fingerprint density at radius 3 is 2.09 bits per heavy atom. The summed E-state index contributed by atoms with van der Waals surface area (Å²) in [6.45, 7) is 0. The molecule has 2 aromatic carbocycles. The molecule has 0 aliphatic rings. The number of sulfonamides is 1. The van der Waals surface area contributed by atoms with Gasteiger partial charge in [0, 0.05) is 0 Å². The summed E-state index contributed by atoms with van der Waals surface area (Å²) >= 11 is 0. The van der Waals surface area contributed by atoms with Gasteiger partial charge in [-0.15, -0.1) is 3.89 Å². The fourth-order valence-electron chi connectivity index (χ4n) is 1.59. The van der Waals surface area contributed by atoms with E-state index in [1.165, 1.54) is 12.1 Å². The molecule has 0 amide bonds. The quantitative estimate of drug-likeness (QED) is 0.858. The fourth-order valence-corrected chi connectivity index (χ4v) is 3.32. The van der Waals surface area contributed by atoms with Crippen LogP contribution in [0.1, 0.15) is 0 Å². The minimum Gasteiger partial charge on any atom is -0.277 e. The van der Waals surface area contributed by atoms with Crippen LogP contribution in [0.15, 0.2) is 52.3 Å². The minimum absolute atomic E-state index is 0.313. The lowest BCUT2D eigenvalue weighted by Gasteiger charge is -2.09. The van der Waals surface area contributed by atoms with Gasteiger partial charge in [0.2, 0.25) is 0 Å². The first kappa shape index (κ1) is 16.3. The number of para-hydroxylation sites is 1. The first-order chi connectivity index (χ1) is 10.1. The molecule has 2 rings (SSSR count). The molecule has 0 radical (unpaired) electrons. The van der Waals surface area contributed by atoms with Crippen molar-refractivity contribution in [2.45, 2.75) is 9.79 Å². The summed E-state index contributed by atoms with van der Waals surface area (Å²) in [5, 5.41) is 0. The Hall–Kier alpha value is -2.07. The predicted octanol–water partition coefficient (Wildman–Crippen LogP) is 2.42. The van der Waals surface area contributed by atoms with Crippen molar-refractivity contribution >= 4 is 25.9 Å². The summed E-state index contributed by atoms with van der Waals surface area (Å²) in [7, 11) is -9.86. The van der Waals surface area contributed by atoms with Crippen molar-refractivity contribution < 1.29 is 29.5 Å². The molecule has 0 unspecified atom stereocenters. The first-order valence-electron chi connectivity index (χ1n) is 5.63. The number of halogens is 3. The third-order valence-electron chi connectivity index (χ3n) is 2.59. The van der Waals surface area contributed by atoms with Gasteiger partial charge in [-0.2, -0.15) is 8.42 Å². The first-order valence-corrected chi connectivity index (χ1v) is 8.49. The van der Waals surface area contributed by atoms with Crippen molar-refractivity contribution in [3.05, 3.63) is 54.1 Å². The van der Waals surface area contributed by atoms with Gasteiger partial charge in [-0.05, 0) is 30.3 Å². The molecule has 1 N–H and O–H groups in total. The van der Waals surface area contributed by atoms with Crippen LogP contribution in [0.5, 0.6) is 0 Å². The van der Waals surface area contributed by atoms with Crippen molar-refractivity contribution in [1.82, 2.24) is 0 Å². The van der Waals surface area contributed by atoms with Crippen LogP contribution in [-0.2, 0) is 20.2 Å². The summed E-state index contributed by atoms with van der Waals surface area (Å²) in [6.07, 6.45) is 0. The van der Waals surface area contributed by atoms with Gasteiger partial charge in [0.05, 0.1) is 10.6 Å². The third kappa shape index (κ3) is 3.39. The highest BCUT2D eigenvalue weighted by molar-refractivity contribution is 7.92. The third-order valence-corrected chi connectivity index (χ3v) is 4.80. The van der Waals surface area contributed by atoms with E-state index < -0.39 is 47.4 Å². The van der Waals surface area contributed by atoms with Crippen molar-refractivity contribution in [2.75, 3.05) is 4.72 Å². The topological polar surface area (TPSA) is 80.3 Å². The van der Waals surface area contributed by atoms with Gasteiger partial charge >= 0.3 is 10.2 Å². The van der Waals surface area contributed by atoms with Gasteiger partial charge in [-0.3, -0.25) is 4.72 Å². The number of hydrogen-bond acceptors (Lipinski definition) is 4. The van der Waals surface area contributed by atoms with E-state index in [-0.39, 0.29) is 0 Å². The second kappa shape index (κ2) is 5.61. The van der Waals surface area contributed by atoms with Gasteiger partial charge in [0.15, 0.2) is 0 Å². The molecule has 22 heavy (non-hydrogen) atoms. The molecular formula is C12H8F3NO4S2. The Morgan fingerprint density at radius 1 is 0.864 bits per heavy atom. The second-order valence-corrected chi connectivity index (χ2v) is 7.11. The van der Waals surface area contributed by atoms with Crippen LogP contribution < -0.4 is 4.72 Å². The van der Waals surface area contributed by atoms with Gasteiger partial charge in [-0.1, -0.05) is 12.1 Å². The van der Waals surface area contributed by atoms with E-state index in [9.17, 15) is 29.5 Å². The van der Waals surface area contributed by atoms with Crippen LogP contribution in [0.2, 0.25) is 0 Å². The molecule has 0 saturated carbocycles. The maximum atomic E-state index is 13.4. The van der Waals surface area contributed by atoms with Crippen LogP contribution in [0.25, 0.3) is 0 Å². The Bertz CT molecular complexity index is 927. The summed E-state index contributed by atoms with van der Waals surface area (Å²) in [5.41, 5.74) is -0.392. The molecular weight excluding hydrogens is 343 g/mol. The van der Waals surface area contributed by atoms with E-state index >= 15 is 0 Å². The molecule has 0 fully saturated rings. The van der Waals surface area contributed by atoms with E-state index in [1.54, 1.807) is 0 Å². The molecule has 0 spiro atoms. The normalized spacial score (nSPS) is 12.1. The van der Waals surface area contributed by atoms with Crippen LogP contribution in [0.3, 0.4) is 0 Å². The number of anilines is 1. The highest BCUT2D eigenvalue weighted by atomic mass is 32.3. The van der Waals surface area contributed by atoms with Gasteiger partial charge < -0.3 is 0 Å². The maximum absolute atomic E-state index is 13.4. The summed E-state index contributed by atoms with van der Waals surface area (Å²) in [4.78, 5) is -2.14. The van der Waals surface area contributed by atoms with Crippen molar-refractivity contribution in [3.8, 4) is 0 Å². The zero-order valence-electron chi connectivity index (χ0n) is 10.6. The SMILES string of the molecule is O=S(=O)(F)c1cc(S(=O)(=O)Nc2ccccc2F)ccc1F. The lowest BCUT2D eigenvalue weighted by atomic mass is 10.3. The molecule has 0 bridgehead atoms. The standard InChI is InChI=1S/C12H8F3NO4S2/c13-9-3-1-2-4-11(9)16-22(19,20)8-5-6-10(14)12(7-8)21(15,17)18/h1-7,16H. The molecule has 0 heterocycles. The molecule has 0 aliphatic heterocycles. The predicted molar refractivity (Wildman–Crippen MR) is 71.9 cm³/mol. The van der Waals surface area contributed by atoms with E-state index in [2.05, 4.69) is 0 Å². The Labute approximate surface area is 124 Å². The largest absolute Gasteiger partial charge is 0.335 e. The van der Waals surface area contributed by atoms with Gasteiger partial charge in [0.25, 0.3) is 10.0 Å². The zero-order chi connectivity index (χ0) is 16.5. The molecule has 0 saturated heterocycles. The van der Waals surface area contributed by atoms with Crippen molar-refractivity contribution in [1.29, 1.82) is 0 Å². The fraction of sp³-hybridized carbons (Fsp3) is 0. The monoisotopic (exact) mass is 351 g/mol. The average molecular weight is 351 g/mol. The highest BCUT2D eigenvalue weighted by Crippen LogP contribution is 2.23. The highest BCUT2D eigenvalue weighted by Gasteiger charge is 2.23. The zero-order valence-corrected chi connectivity index (χ0v) is 12.3. The number of benzene rings is 2. The number of nitrogens with one attached hydrogen (secondary N) is 1. The Kier molecular flexibility index (Phi) is 4.16. The van der Waals surface area contributed by atoms with Crippen molar-refractivity contribution in [2.24, 2.45) is 0 Å². The molecule has 2 aromatic rings. The number of rotatable bonds is 4. The lowest BCUT2D eigenvalue weighted by Crippen LogP contribution is -2.14. The maximum Gasteiger partial charge on any atom is 0.335 e.